The van der Waals surface area contributed by atoms with Crippen LogP contribution in [0.2, 0.25) is 0 Å². The van der Waals surface area contributed by atoms with Gasteiger partial charge >= 0.3 is 628 Å². The van der Waals surface area contributed by atoms with Crippen LogP contribution in [0.4, 0.5) is 28.8 Å². The zero-order valence-electron chi connectivity index (χ0n) is 50.8. The summed E-state index contributed by atoms with van der Waals surface area (Å²) in [4.78, 5) is 51.3. The Hall–Kier alpha value is 15.6. The minimum Gasteiger partial charge on any atom is -1.00 e. The molecule has 0 aliphatic carbocycles. The van der Waals surface area contributed by atoms with E-state index >= 15 is 0 Å². The van der Waals surface area contributed by atoms with Crippen LogP contribution < -0.4 is 591 Å². The Bertz CT molecular complexity index is 352. The van der Waals surface area contributed by atoms with Crippen LogP contribution in [-0.2, 0) is 0 Å². The molecule has 0 amide bonds. The molecule has 0 atom stereocenters. The molecule has 0 heterocycles. The smallest absolute Gasteiger partial charge is 1.00 e. The Kier molecular flexibility index (Phi) is 709. The van der Waals surface area contributed by atoms with Crippen LogP contribution in [0.3, 0.4) is 0 Å². The summed E-state index contributed by atoms with van der Waals surface area (Å²) in [6.45, 7) is 0. The predicted octanol–water partition coefficient (Wildman–Crippen LogP) is -56.3. The first-order valence-electron chi connectivity index (χ1n) is 3.91. The van der Waals surface area contributed by atoms with Crippen LogP contribution in [0.1, 0.15) is 28.5 Å². The average Bonchev–Trinajstić information content (AvgIpc) is 2.08. The van der Waals surface area contributed by atoms with Gasteiger partial charge < -0.3 is 89.8 Å². The minimum atomic E-state index is -1.83. The molecule has 0 spiro atoms. The van der Waals surface area contributed by atoms with Crippen molar-refractivity contribution in [2.75, 3.05) is 0 Å². The third kappa shape index (κ3) is 757. The number of carboxylic acid groups (broad SMARTS) is 12. The van der Waals surface area contributed by atoms with Crippen LogP contribution in [0.5, 0.6) is 0 Å². The van der Waals surface area contributed by atoms with E-state index in [-0.39, 0.29) is 620 Å². The molecule has 44 heavy (non-hydrogen) atoms. The summed E-state index contributed by atoms with van der Waals surface area (Å²) in [7, 11) is 0. The third-order valence-electron chi connectivity index (χ3n) is 0. The molecular formula is C6H32Na20O18. The fraction of sp³-hybridized carbons (Fsp3) is 0. The van der Waals surface area contributed by atoms with Crippen molar-refractivity contribution in [1.82, 2.24) is 0 Å². The van der Waals surface area contributed by atoms with Crippen LogP contribution >= 0.6 is 0 Å². The summed E-state index contributed by atoms with van der Waals surface area (Å²) in [5.41, 5.74) is 0. The molecule has 0 radical (unpaired) electrons. The molecule has 12 N–H and O–H groups in total. The zero-order valence-corrected chi connectivity index (χ0v) is 70.8. The number of hydrogen-bond donors (Lipinski definition) is 12. The van der Waals surface area contributed by atoms with Gasteiger partial charge in [0, 0.05) is 0 Å². The number of rotatable bonds is 0. The van der Waals surface area contributed by atoms with Crippen molar-refractivity contribution in [3.8, 4) is 0 Å². The predicted molar refractivity (Wildman–Crippen MR) is 86.2 cm³/mol. The van der Waals surface area contributed by atoms with Gasteiger partial charge in [-0.15, -0.1) is 0 Å². The van der Waals surface area contributed by atoms with Gasteiger partial charge in [-0.05, 0) is 0 Å². The molecule has 0 aromatic heterocycles. The zero-order chi connectivity index (χ0) is 21.5. The van der Waals surface area contributed by atoms with E-state index in [0.29, 0.717) is 0 Å². The first-order chi connectivity index (χ1) is 10.4. The first-order valence-corrected chi connectivity index (χ1v) is 3.91. The van der Waals surface area contributed by atoms with E-state index in [9.17, 15) is 0 Å². The van der Waals surface area contributed by atoms with Crippen molar-refractivity contribution >= 4 is 36.9 Å². The molecule has 0 fully saturated rings. The minimum absolute atomic E-state index is 0. The van der Waals surface area contributed by atoms with Crippen LogP contribution in [0.15, 0.2) is 0 Å². The van der Waals surface area contributed by atoms with E-state index in [2.05, 4.69) is 0 Å². The Morgan fingerprint density at radius 2 is 0.182 bits per heavy atom. The van der Waals surface area contributed by atoms with Gasteiger partial charge in [-0.3, -0.25) is 0 Å². The van der Waals surface area contributed by atoms with Crippen molar-refractivity contribution in [3.05, 3.63) is 0 Å². The molecule has 184 valence electrons. The molecule has 0 unspecified atom stereocenters. The van der Waals surface area contributed by atoms with E-state index < -0.39 is 36.9 Å². The maximum Gasteiger partial charge on any atom is 1.00 e. The molecule has 0 bridgehead atoms. The van der Waals surface area contributed by atoms with Gasteiger partial charge in [0.1, 0.15) is 0 Å². The van der Waals surface area contributed by atoms with E-state index in [0.717, 1.165) is 0 Å². The SMILES string of the molecule is O=C(O)O.O=C(O)O.O=C(O)O.O=C(O)O.O=C(O)O.O=C(O)O.[H-].[H-].[H-].[H-].[H-].[H-].[H-].[H-].[H-].[H-].[H-].[H-].[H-].[H-].[H-].[H-].[H-].[H-].[H-].[H-].[Na+].[Na+].[Na+].[Na+].[Na+].[Na+].[Na+].[Na+].[Na+].[Na+].[Na+].[Na+].[Na+].[Na+].[Na+].[Na+].[Na+].[Na+].[Na+].[Na+]. The molecule has 38 heteroatoms. The van der Waals surface area contributed by atoms with Crippen LogP contribution in [-0.4, -0.2) is 98.2 Å². The molecule has 0 aromatic rings. The summed E-state index contributed by atoms with van der Waals surface area (Å²) in [6, 6.07) is 0. The molecule has 0 saturated heterocycles. The van der Waals surface area contributed by atoms with E-state index in [1.807, 2.05) is 0 Å². The molecule has 0 saturated carbocycles. The molecule has 0 aliphatic heterocycles. The summed E-state index contributed by atoms with van der Waals surface area (Å²) in [5, 5.41) is 83.7. The van der Waals surface area contributed by atoms with Gasteiger partial charge in [0.2, 0.25) is 0 Å². The Morgan fingerprint density at radius 1 is 0.182 bits per heavy atom. The summed E-state index contributed by atoms with van der Waals surface area (Å²) in [6.07, 6.45) is -11.0. The topological polar surface area (TPSA) is 345 Å². The van der Waals surface area contributed by atoms with Crippen molar-refractivity contribution in [2.45, 2.75) is 0 Å². The van der Waals surface area contributed by atoms with Crippen molar-refractivity contribution < 1.29 is 710 Å². The maximum atomic E-state index is 8.56. The summed E-state index contributed by atoms with van der Waals surface area (Å²) in [5.74, 6) is 0. The van der Waals surface area contributed by atoms with Crippen molar-refractivity contribution in [2.24, 2.45) is 0 Å². The number of hydrogen-bond acceptors (Lipinski definition) is 6. The van der Waals surface area contributed by atoms with Crippen LogP contribution in [0.25, 0.3) is 0 Å². The van der Waals surface area contributed by atoms with Gasteiger partial charge in [0.25, 0.3) is 0 Å². The Labute approximate surface area is 726 Å². The molecule has 0 aliphatic rings. The fourth-order valence-corrected chi connectivity index (χ4v) is 0. The number of carbonyl (C=O) groups is 6. The average molecular weight is 852 g/mol. The standard InChI is InChI=1S/6CH2O3.20Na.20H/c6*2-1(3)4;;;;;;;;;;;;;;;;;;;;;;;;;;;;;;;;;;;;;;;;/h6*(H2,2,3,4);;;;;;;;;;;;;;;;;;;;;;;;;;;;;;;;;;;;;;;;/q;;;;;;20*+1;20*-1. The quantitative estimate of drug-likeness (QED) is 0.101. The molecular weight excluding hydrogens is 820 g/mol. The van der Waals surface area contributed by atoms with Gasteiger partial charge in [-0.1, -0.05) is 0 Å². The monoisotopic (exact) mass is 852 g/mol. The van der Waals surface area contributed by atoms with E-state index in [4.69, 9.17) is 90.0 Å². The molecule has 0 aromatic carbocycles. The third-order valence-corrected chi connectivity index (χ3v) is 0. The van der Waals surface area contributed by atoms with Gasteiger partial charge in [-0.25, -0.2) is 28.8 Å². The summed E-state index contributed by atoms with van der Waals surface area (Å²) >= 11 is 0. The molecule has 18 nitrogen and oxygen atoms in total. The Morgan fingerprint density at radius 3 is 0.182 bits per heavy atom. The van der Waals surface area contributed by atoms with Gasteiger partial charge in [-0.2, -0.15) is 0 Å². The second-order valence-corrected chi connectivity index (χ2v) is 1.70. The van der Waals surface area contributed by atoms with E-state index in [1.165, 1.54) is 0 Å². The van der Waals surface area contributed by atoms with Crippen molar-refractivity contribution in [1.29, 1.82) is 0 Å². The first kappa shape index (κ1) is 181. The van der Waals surface area contributed by atoms with Gasteiger partial charge in [0.15, 0.2) is 0 Å². The largest absolute Gasteiger partial charge is 1.00 e. The molecule has 0 rings (SSSR count). The fourth-order valence-electron chi connectivity index (χ4n) is 0. The second-order valence-electron chi connectivity index (χ2n) is 1.70. The van der Waals surface area contributed by atoms with Gasteiger partial charge in [0.05, 0.1) is 0 Å². The Balaban J connectivity index is -0.00000000123. The van der Waals surface area contributed by atoms with Crippen molar-refractivity contribution in [3.63, 3.8) is 0 Å². The summed E-state index contributed by atoms with van der Waals surface area (Å²) < 4.78 is 0. The maximum absolute atomic E-state index is 8.56. The van der Waals surface area contributed by atoms with Crippen LogP contribution in [0, 0.1) is 0 Å². The normalized spacial score (nSPS) is 3.27. The van der Waals surface area contributed by atoms with E-state index in [1.54, 1.807) is 0 Å². The second kappa shape index (κ2) is 172.